The molecule has 30 heavy (non-hydrogen) atoms. The highest BCUT2D eigenvalue weighted by molar-refractivity contribution is 5.93. The first-order valence-electron chi connectivity index (χ1n) is 10.1. The molecule has 2 fully saturated rings. The minimum absolute atomic E-state index is 0.0397. The third-order valence-corrected chi connectivity index (χ3v) is 5.80. The van der Waals surface area contributed by atoms with E-state index in [1.807, 2.05) is 38.4 Å². The highest BCUT2D eigenvalue weighted by Crippen LogP contribution is 2.35. The van der Waals surface area contributed by atoms with Crippen LogP contribution in [-0.2, 0) is 9.53 Å². The summed E-state index contributed by atoms with van der Waals surface area (Å²) in [6.45, 7) is 3.89. The number of hydrogen-bond donors (Lipinski definition) is 1. The van der Waals surface area contributed by atoms with Gasteiger partial charge in [0.05, 0.1) is 11.1 Å². The second-order valence-electron chi connectivity index (χ2n) is 8.34. The van der Waals surface area contributed by atoms with E-state index in [0.29, 0.717) is 24.1 Å². The fraction of sp³-hybridized carbons (Fsp3) is 0.476. The van der Waals surface area contributed by atoms with Gasteiger partial charge in [-0.2, -0.15) is 5.10 Å². The minimum atomic E-state index is -0.317. The predicted octanol–water partition coefficient (Wildman–Crippen LogP) is 2.36. The molecule has 5 rings (SSSR count). The van der Waals surface area contributed by atoms with E-state index in [9.17, 15) is 4.79 Å². The van der Waals surface area contributed by atoms with E-state index in [2.05, 4.69) is 20.5 Å². The molecule has 0 unspecified atom stereocenters. The van der Waals surface area contributed by atoms with E-state index >= 15 is 0 Å². The van der Waals surface area contributed by atoms with Crippen LogP contribution in [0.2, 0.25) is 0 Å². The molecule has 1 saturated heterocycles. The first kappa shape index (κ1) is 19.1. The Labute approximate surface area is 173 Å². The Morgan fingerprint density at radius 2 is 2.17 bits per heavy atom. The van der Waals surface area contributed by atoms with Crippen LogP contribution >= 0.6 is 0 Å². The van der Waals surface area contributed by atoms with Gasteiger partial charge in [0.2, 0.25) is 5.91 Å². The van der Waals surface area contributed by atoms with E-state index < -0.39 is 0 Å². The number of carbonyl (C=O) groups is 1. The summed E-state index contributed by atoms with van der Waals surface area (Å²) in [6.07, 6.45) is 3.77. The van der Waals surface area contributed by atoms with Crippen molar-refractivity contribution in [3.8, 4) is 17.0 Å². The number of aromatic nitrogens is 3. The number of hydrogen-bond acceptors (Lipinski definition) is 7. The number of methoxy groups -OCH3 is 1. The van der Waals surface area contributed by atoms with E-state index in [0.717, 1.165) is 42.6 Å². The molecule has 3 aromatic rings. The number of rotatable bonds is 7. The zero-order chi connectivity index (χ0) is 20.9. The quantitative estimate of drug-likeness (QED) is 0.638. The van der Waals surface area contributed by atoms with Crippen molar-refractivity contribution in [1.82, 2.24) is 19.7 Å². The van der Waals surface area contributed by atoms with Gasteiger partial charge in [0.25, 0.3) is 5.88 Å². The van der Waals surface area contributed by atoms with Gasteiger partial charge in [-0.15, -0.1) is 0 Å². The molecular weight excluding hydrogens is 386 g/mol. The molecule has 1 aliphatic heterocycles. The first-order chi connectivity index (χ1) is 14.5. The van der Waals surface area contributed by atoms with Gasteiger partial charge < -0.3 is 24.2 Å². The molecule has 0 aromatic carbocycles. The summed E-state index contributed by atoms with van der Waals surface area (Å²) in [4.78, 5) is 14.2. The molecule has 9 heteroatoms. The lowest BCUT2D eigenvalue weighted by molar-refractivity contribution is -0.135. The van der Waals surface area contributed by atoms with E-state index in [1.165, 1.54) is 0 Å². The summed E-state index contributed by atoms with van der Waals surface area (Å²) in [5.74, 6) is 1.85. The van der Waals surface area contributed by atoms with E-state index in [4.69, 9.17) is 14.0 Å². The molecule has 1 aliphatic carbocycles. The van der Waals surface area contributed by atoms with Crippen molar-refractivity contribution in [1.29, 1.82) is 0 Å². The number of anilines is 1. The summed E-state index contributed by atoms with van der Waals surface area (Å²) >= 11 is 0. The molecule has 0 atom stereocenters. The van der Waals surface area contributed by atoms with Crippen molar-refractivity contribution < 1.29 is 18.8 Å². The van der Waals surface area contributed by atoms with E-state index in [-0.39, 0.29) is 17.4 Å². The number of nitrogens with zero attached hydrogens (tertiary/aromatic N) is 4. The topological polar surface area (TPSA) is 94.1 Å². The Kier molecular flexibility index (Phi) is 4.52. The van der Waals surface area contributed by atoms with Crippen LogP contribution in [0.25, 0.3) is 16.6 Å². The molecule has 3 aromatic heterocycles. The smallest absolute Gasteiger partial charge is 0.262 e. The van der Waals surface area contributed by atoms with Gasteiger partial charge in [0.1, 0.15) is 18.0 Å². The fourth-order valence-electron chi connectivity index (χ4n) is 3.98. The standard InChI is InChI=1S/C21H25N5O4/c1-13-18(20(24-30-13)29-12-21(28-3)10-25(2)11-21)15-6-7-26-16(8-15)9-17(23-26)22-19(27)14-4-5-14/h6-9,14H,4-5,10-12H2,1-3H3,(H,22,23,27). The first-order valence-corrected chi connectivity index (χ1v) is 10.1. The number of carbonyl (C=O) groups excluding carboxylic acids is 1. The van der Waals surface area contributed by atoms with Gasteiger partial charge in [0.15, 0.2) is 5.82 Å². The van der Waals surface area contributed by atoms with Gasteiger partial charge >= 0.3 is 0 Å². The minimum Gasteiger partial charge on any atom is -0.472 e. The third-order valence-electron chi connectivity index (χ3n) is 5.80. The maximum atomic E-state index is 12.0. The lowest BCUT2D eigenvalue weighted by Gasteiger charge is -2.46. The maximum absolute atomic E-state index is 12.0. The summed E-state index contributed by atoms with van der Waals surface area (Å²) in [7, 11) is 3.75. The van der Waals surface area contributed by atoms with Crippen molar-refractivity contribution in [2.75, 3.05) is 39.2 Å². The highest BCUT2D eigenvalue weighted by atomic mass is 16.6. The molecule has 9 nitrogen and oxygen atoms in total. The molecule has 1 amide bonds. The molecule has 2 aliphatic rings. The number of amides is 1. The van der Waals surface area contributed by atoms with Crippen LogP contribution in [0.5, 0.6) is 5.88 Å². The fourth-order valence-corrected chi connectivity index (χ4v) is 3.98. The Morgan fingerprint density at radius 3 is 2.87 bits per heavy atom. The van der Waals surface area contributed by atoms with Crippen molar-refractivity contribution >= 4 is 17.2 Å². The second-order valence-corrected chi connectivity index (χ2v) is 8.34. The molecule has 4 heterocycles. The van der Waals surface area contributed by atoms with Crippen molar-refractivity contribution in [3.05, 3.63) is 30.2 Å². The zero-order valence-corrected chi connectivity index (χ0v) is 17.3. The lowest BCUT2D eigenvalue weighted by Crippen LogP contribution is -2.64. The summed E-state index contributed by atoms with van der Waals surface area (Å²) in [5.41, 5.74) is 2.26. The average molecular weight is 411 g/mol. The number of pyridine rings is 1. The molecule has 0 radical (unpaired) electrons. The second kappa shape index (κ2) is 7.10. The van der Waals surface area contributed by atoms with Crippen LogP contribution in [0.1, 0.15) is 18.6 Å². The van der Waals surface area contributed by atoms with Gasteiger partial charge in [-0.1, -0.05) is 0 Å². The number of likely N-dealkylation sites (tertiary alicyclic amines) is 1. The van der Waals surface area contributed by atoms with Crippen LogP contribution in [0.3, 0.4) is 0 Å². The van der Waals surface area contributed by atoms with Crippen LogP contribution < -0.4 is 10.1 Å². The largest absolute Gasteiger partial charge is 0.472 e. The number of aryl methyl sites for hydroxylation is 1. The average Bonchev–Trinajstić information content (AvgIpc) is 3.39. The normalized spacial score (nSPS) is 18.4. The van der Waals surface area contributed by atoms with Crippen molar-refractivity contribution in [2.24, 2.45) is 5.92 Å². The monoisotopic (exact) mass is 411 g/mol. The molecule has 1 saturated carbocycles. The van der Waals surface area contributed by atoms with Crippen LogP contribution in [0.15, 0.2) is 28.9 Å². The Balaban J connectivity index is 1.38. The van der Waals surface area contributed by atoms with Crippen molar-refractivity contribution in [2.45, 2.75) is 25.4 Å². The SMILES string of the molecule is COC1(COc2noc(C)c2-c2ccn3nc(NC(=O)C4CC4)cc3c2)CN(C)C1. The van der Waals surface area contributed by atoms with Crippen LogP contribution in [0, 0.1) is 12.8 Å². The lowest BCUT2D eigenvalue weighted by atomic mass is 9.96. The van der Waals surface area contributed by atoms with Gasteiger partial charge in [0, 0.05) is 38.4 Å². The molecule has 0 spiro atoms. The predicted molar refractivity (Wildman–Crippen MR) is 110 cm³/mol. The van der Waals surface area contributed by atoms with Crippen LogP contribution in [-0.4, -0.2) is 65.0 Å². The molecule has 158 valence electrons. The third kappa shape index (κ3) is 3.44. The highest BCUT2D eigenvalue weighted by Gasteiger charge is 2.42. The Hall–Kier alpha value is -2.91. The van der Waals surface area contributed by atoms with Crippen molar-refractivity contribution in [3.63, 3.8) is 0 Å². The molecular formula is C21H25N5O4. The van der Waals surface area contributed by atoms with Gasteiger partial charge in [-0.05, 0) is 49.7 Å². The maximum Gasteiger partial charge on any atom is 0.262 e. The Morgan fingerprint density at radius 1 is 1.37 bits per heavy atom. The van der Waals surface area contributed by atoms with Gasteiger partial charge in [-0.3, -0.25) is 4.79 Å². The zero-order valence-electron chi connectivity index (χ0n) is 17.3. The molecule has 0 bridgehead atoms. The van der Waals surface area contributed by atoms with E-state index in [1.54, 1.807) is 11.6 Å². The summed E-state index contributed by atoms with van der Waals surface area (Å²) in [6, 6.07) is 5.77. The number of fused-ring (bicyclic) bond motifs is 1. The summed E-state index contributed by atoms with van der Waals surface area (Å²) in [5, 5.41) is 11.4. The number of nitrogens with one attached hydrogen (secondary N) is 1. The summed E-state index contributed by atoms with van der Waals surface area (Å²) < 4.78 is 18.8. The van der Waals surface area contributed by atoms with Gasteiger partial charge in [-0.25, -0.2) is 4.52 Å². The van der Waals surface area contributed by atoms with Crippen LogP contribution in [0.4, 0.5) is 5.82 Å². The Bertz CT molecular complexity index is 1090. The molecule has 1 N–H and O–H groups in total. The number of likely N-dealkylation sites (N-methyl/N-ethyl adjacent to an activating group) is 1. The number of ether oxygens (including phenoxy) is 2.